The van der Waals surface area contributed by atoms with E-state index in [0.29, 0.717) is 22.4 Å². The van der Waals surface area contributed by atoms with Crippen LogP contribution in [0.3, 0.4) is 0 Å². The molecule has 32 heavy (non-hydrogen) atoms. The van der Waals surface area contributed by atoms with Gasteiger partial charge >= 0.3 is 0 Å². The number of halogens is 3. The molecule has 2 aromatic carbocycles. The summed E-state index contributed by atoms with van der Waals surface area (Å²) in [5, 5.41) is 4.61. The molecule has 3 rings (SSSR count). The fourth-order valence-electron chi connectivity index (χ4n) is 4.16. The predicted octanol–water partition coefficient (Wildman–Crippen LogP) is 6.86. The van der Waals surface area contributed by atoms with Crippen molar-refractivity contribution < 1.29 is 4.79 Å². The molecule has 1 aliphatic heterocycles. The van der Waals surface area contributed by atoms with Gasteiger partial charge in [-0.15, -0.1) is 11.6 Å². The molecular formula is C26H29Cl3N2O. The predicted molar refractivity (Wildman–Crippen MR) is 135 cm³/mol. The van der Waals surface area contributed by atoms with Gasteiger partial charge < -0.3 is 10.2 Å². The van der Waals surface area contributed by atoms with Crippen LogP contribution in [0.1, 0.15) is 43.4 Å². The van der Waals surface area contributed by atoms with Crippen molar-refractivity contribution in [3.63, 3.8) is 0 Å². The number of likely N-dealkylation sites (tertiary alicyclic amines) is 1. The molecule has 6 heteroatoms. The third-order valence-electron chi connectivity index (χ3n) is 5.64. The highest BCUT2D eigenvalue weighted by atomic mass is 35.5. The molecular weight excluding hydrogens is 463 g/mol. The quantitative estimate of drug-likeness (QED) is 0.323. The number of amides is 1. The van der Waals surface area contributed by atoms with E-state index < -0.39 is 0 Å². The molecule has 3 nitrogen and oxygen atoms in total. The van der Waals surface area contributed by atoms with Crippen molar-refractivity contribution in [3.8, 4) is 0 Å². The Labute approximate surface area is 206 Å². The van der Waals surface area contributed by atoms with Crippen molar-refractivity contribution in [1.29, 1.82) is 0 Å². The number of nitrogens with zero attached hydrogens (tertiary/aromatic N) is 1. The first kappa shape index (κ1) is 24.7. The molecule has 0 saturated carbocycles. The number of carbonyl (C=O) groups excluding carboxylic acids is 1. The van der Waals surface area contributed by atoms with Gasteiger partial charge in [0.2, 0.25) is 5.91 Å². The maximum atomic E-state index is 12.7. The van der Waals surface area contributed by atoms with Gasteiger partial charge in [-0.3, -0.25) is 4.79 Å². The van der Waals surface area contributed by atoms with Crippen LogP contribution >= 0.6 is 34.8 Å². The Morgan fingerprint density at radius 2 is 1.84 bits per heavy atom. The van der Waals surface area contributed by atoms with E-state index in [1.165, 1.54) is 0 Å². The van der Waals surface area contributed by atoms with E-state index in [1.54, 1.807) is 0 Å². The Morgan fingerprint density at radius 1 is 1.12 bits per heavy atom. The molecule has 170 valence electrons. The zero-order valence-corrected chi connectivity index (χ0v) is 20.5. The first-order valence-corrected chi connectivity index (χ1v) is 12.3. The molecule has 0 aliphatic carbocycles. The molecule has 1 heterocycles. The number of allylic oxidation sites excluding steroid dienone is 3. The lowest BCUT2D eigenvalue weighted by molar-refractivity contribution is -0.121. The van der Waals surface area contributed by atoms with E-state index in [1.807, 2.05) is 48.5 Å². The van der Waals surface area contributed by atoms with Gasteiger partial charge in [-0.1, -0.05) is 78.7 Å². The van der Waals surface area contributed by atoms with Crippen LogP contribution in [0.5, 0.6) is 0 Å². The summed E-state index contributed by atoms with van der Waals surface area (Å²) >= 11 is 18.7. The molecule has 1 fully saturated rings. The normalized spacial score (nSPS) is 19.7. The van der Waals surface area contributed by atoms with Gasteiger partial charge in [0.25, 0.3) is 0 Å². The number of rotatable bonds is 8. The number of carbonyl (C=O) groups is 1. The van der Waals surface area contributed by atoms with Gasteiger partial charge in [-0.05, 0) is 48.6 Å². The third-order valence-corrected chi connectivity index (χ3v) is 6.39. The summed E-state index contributed by atoms with van der Waals surface area (Å²) in [5.41, 5.74) is 3.15. The molecule has 0 radical (unpaired) electrons. The highest BCUT2D eigenvalue weighted by molar-refractivity contribution is 6.32. The van der Waals surface area contributed by atoms with Crippen LogP contribution < -0.4 is 5.32 Å². The van der Waals surface area contributed by atoms with E-state index >= 15 is 0 Å². The van der Waals surface area contributed by atoms with E-state index in [-0.39, 0.29) is 18.0 Å². The average molecular weight is 492 g/mol. The molecule has 0 bridgehead atoms. The standard InChI is InChI=1S/C26H29Cl3N2O/c1-2-6-24(23(29)13-15-27)31-16-14-22(18-25(31)20-9-11-21(28)12-10-20)30-26(32)17-19-7-4-3-5-8-19/h3-13,22,25H,2,14-18H2,1H3,(H,30,32)/b23-13+,24-6+. The van der Waals surface area contributed by atoms with Gasteiger partial charge in [0, 0.05) is 23.5 Å². The van der Waals surface area contributed by atoms with Crippen molar-refractivity contribution in [2.75, 3.05) is 12.4 Å². The molecule has 0 aromatic heterocycles. The summed E-state index contributed by atoms with van der Waals surface area (Å²) in [6.45, 7) is 2.88. The molecule has 2 aromatic rings. The second-order valence-electron chi connectivity index (χ2n) is 7.92. The van der Waals surface area contributed by atoms with Crippen molar-refractivity contribution in [2.24, 2.45) is 0 Å². The minimum atomic E-state index is 0.0499. The van der Waals surface area contributed by atoms with Crippen LogP contribution in [-0.4, -0.2) is 29.3 Å². The van der Waals surface area contributed by atoms with E-state index in [0.717, 1.165) is 42.6 Å². The minimum Gasteiger partial charge on any atom is -0.363 e. The fourth-order valence-corrected chi connectivity index (χ4v) is 4.79. The Morgan fingerprint density at radius 3 is 2.50 bits per heavy atom. The maximum absolute atomic E-state index is 12.7. The van der Waals surface area contributed by atoms with Crippen LogP contribution in [0.15, 0.2) is 77.5 Å². The van der Waals surface area contributed by atoms with Crippen LogP contribution in [0.4, 0.5) is 0 Å². The lowest BCUT2D eigenvalue weighted by Crippen LogP contribution is -2.46. The zero-order valence-electron chi connectivity index (χ0n) is 18.2. The summed E-state index contributed by atoms with van der Waals surface area (Å²) < 4.78 is 0. The van der Waals surface area contributed by atoms with Crippen LogP contribution in [0, 0.1) is 0 Å². The average Bonchev–Trinajstić information content (AvgIpc) is 2.79. The smallest absolute Gasteiger partial charge is 0.224 e. The van der Waals surface area contributed by atoms with E-state index in [9.17, 15) is 4.79 Å². The second kappa shape index (κ2) is 12.3. The molecule has 1 saturated heterocycles. The number of piperidine rings is 1. The topological polar surface area (TPSA) is 32.3 Å². The highest BCUT2D eigenvalue weighted by Crippen LogP contribution is 2.37. The Balaban J connectivity index is 1.81. The Bertz CT molecular complexity index is 941. The van der Waals surface area contributed by atoms with Crippen LogP contribution in [0.25, 0.3) is 0 Å². The van der Waals surface area contributed by atoms with E-state index in [2.05, 4.69) is 35.3 Å². The van der Waals surface area contributed by atoms with Gasteiger partial charge in [-0.25, -0.2) is 0 Å². The summed E-state index contributed by atoms with van der Waals surface area (Å²) in [7, 11) is 0. The number of benzene rings is 2. The third kappa shape index (κ3) is 6.78. The van der Waals surface area contributed by atoms with Crippen molar-refractivity contribution in [2.45, 2.75) is 44.7 Å². The summed E-state index contributed by atoms with van der Waals surface area (Å²) in [6, 6.07) is 17.9. The van der Waals surface area contributed by atoms with Gasteiger partial charge in [-0.2, -0.15) is 0 Å². The lowest BCUT2D eigenvalue weighted by Gasteiger charge is -2.43. The van der Waals surface area contributed by atoms with Gasteiger partial charge in [0.1, 0.15) is 0 Å². The second-order valence-corrected chi connectivity index (χ2v) is 9.07. The number of nitrogens with one attached hydrogen (secondary N) is 1. The summed E-state index contributed by atoms with van der Waals surface area (Å²) in [6.07, 6.45) is 6.85. The van der Waals surface area contributed by atoms with Crippen LogP contribution in [-0.2, 0) is 11.2 Å². The first-order valence-electron chi connectivity index (χ1n) is 11.0. The largest absolute Gasteiger partial charge is 0.363 e. The van der Waals surface area contributed by atoms with Crippen molar-refractivity contribution in [1.82, 2.24) is 10.2 Å². The Hall–Kier alpha value is -1.94. The minimum absolute atomic E-state index is 0.0499. The molecule has 2 unspecified atom stereocenters. The zero-order chi connectivity index (χ0) is 22.9. The molecule has 1 aliphatic rings. The number of alkyl halides is 1. The fraction of sp³-hybridized carbons (Fsp3) is 0.346. The van der Waals surface area contributed by atoms with Crippen LogP contribution in [0.2, 0.25) is 5.02 Å². The molecule has 1 N–H and O–H groups in total. The first-order chi connectivity index (χ1) is 15.5. The highest BCUT2D eigenvalue weighted by Gasteiger charge is 2.32. The van der Waals surface area contributed by atoms with E-state index in [4.69, 9.17) is 34.8 Å². The molecule has 2 atom stereocenters. The van der Waals surface area contributed by atoms with Crippen molar-refractivity contribution >= 4 is 40.7 Å². The monoisotopic (exact) mass is 490 g/mol. The molecule has 1 amide bonds. The number of hydrogen-bond acceptors (Lipinski definition) is 2. The van der Waals surface area contributed by atoms with Crippen molar-refractivity contribution in [3.05, 3.63) is 93.6 Å². The summed E-state index contributed by atoms with van der Waals surface area (Å²) in [4.78, 5) is 15.0. The number of hydrogen-bond donors (Lipinski definition) is 1. The Kier molecular flexibility index (Phi) is 9.52. The maximum Gasteiger partial charge on any atom is 0.224 e. The van der Waals surface area contributed by atoms with Gasteiger partial charge in [0.05, 0.1) is 23.2 Å². The summed E-state index contributed by atoms with van der Waals surface area (Å²) in [5.74, 6) is 0.409. The molecule has 0 spiro atoms. The SMILES string of the molecule is CC/C=C(\C(Cl)=C/CCl)N1CCC(NC(=O)Cc2ccccc2)CC1c1ccc(Cl)cc1. The van der Waals surface area contributed by atoms with Gasteiger partial charge in [0.15, 0.2) is 0 Å². The lowest BCUT2D eigenvalue weighted by atomic mass is 9.90.